The van der Waals surface area contributed by atoms with E-state index in [1.807, 2.05) is 0 Å². The van der Waals surface area contributed by atoms with Gasteiger partial charge in [-0.15, -0.1) is 0 Å². The van der Waals surface area contributed by atoms with E-state index in [1.165, 1.54) is 0 Å². The Hall–Kier alpha value is 0.230. The third-order valence-electron chi connectivity index (χ3n) is 2.76. The summed E-state index contributed by atoms with van der Waals surface area (Å²) in [6, 6.07) is 0. The maximum atomic E-state index is 5.07. The number of thiol groups is 1. The van der Waals surface area contributed by atoms with Crippen LogP contribution >= 0.6 is 12.6 Å². The Morgan fingerprint density at radius 1 is 1.21 bits per heavy atom. The molecule has 0 spiro atoms. The molecule has 3 nitrogen and oxygen atoms in total. The highest BCUT2D eigenvalue weighted by atomic mass is 32.1. The van der Waals surface area contributed by atoms with Gasteiger partial charge in [0.15, 0.2) is 0 Å². The minimum absolute atomic E-state index is 0.0212. The predicted octanol–water partition coefficient (Wildman–Crippen LogP) is 0.916. The topological polar surface area (TPSA) is 15.7 Å². The Labute approximate surface area is 92.8 Å². The molecule has 0 bridgehead atoms. The molecule has 1 aliphatic rings. The lowest BCUT2D eigenvalue weighted by Crippen LogP contribution is -2.52. The van der Waals surface area contributed by atoms with Crippen molar-refractivity contribution in [1.29, 1.82) is 0 Å². The van der Waals surface area contributed by atoms with Crippen molar-refractivity contribution in [3.05, 3.63) is 0 Å². The quantitative estimate of drug-likeness (QED) is 0.707. The largest absolute Gasteiger partial charge is 0.383 e. The lowest BCUT2D eigenvalue weighted by molar-refractivity contribution is 0.0746. The van der Waals surface area contributed by atoms with Crippen molar-refractivity contribution in [2.75, 3.05) is 46.4 Å². The van der Waals surface area contributed by atoms with Crippen LogP contribution in [-0.2, 0) is 4.74 Å². The number of piperazine rings is 1. The fourth-order valence-electron chi connectivity index (χ4n) is 1.74. The fourth-order valence-corrected chi connectivity index (χ4v) is 1.94. The van der Waals surface area contributed by atoms with Crippen LogP contribution in [0, 0.1) is 0 Å². The second kappa shape index (κ2) is 5.35. The van der Waals surface area contributed by atoms with Crippen molar-refractivity contribution >= 4 is 12.6 Å². The minimum atomic E-state index is 0.0212. The second-order valence-corrected chi connectivity index (χ2v) is 5.41. The van der Waals surface area contributed by atoms with Gasteiger partial charge in [-0.2, -0.15) is 12.6 Å². The van der Waals surface area contributed by atoms with Gasteiger partial charge in [-0.3, -0.25) is 9.80 Å². The van der Waals surface area contributed by atoms with Crippen LogP contribution in [0.1, 0.15) is 13.8 Å². The van der Waals surface area contributed by atoms with E-state index < -0.39 is 0 Å². The van der Waals surface area contributed by atoms with Gasteiger partial charge < -0.3 is 4.74 Å². The van der Waals surface area contributed by atoms with E-state index in [-0.39, 0.29) is 4.87 Å². The summed E-state index contributed by atoms with van der Waals surface area (Å²) in [5.41, 5.74) is 0. The first-order chi connectivity index (χ1) is 6.54. The van der Waals surface area contributed by atoms with Crippen LogP contribution in [0.2, 0.25) is 0 Å². The summed E-state index contributed by atoms with van der Waals surface area (Å²) in [6.45, 7) is 10.7. The highest BCUT2D eigenvalue weighted by Crippen LogP contribution is 2.20. The molecule has 0 atom stereocenters. The first kappa shape index (κ1) is 12.3. The van der Waals surface area contributed by atoms with Crippen LogP contribution in [0.5, 0.6) is 0 Å². The van der Waals surface area contributed by atoms with E-state index in [9.17, 15) is 0 Å². The average molecular weight is 218 g/mol. The van der Waals surface area contributed by atoms with Crippen molar-refractivity contribution in [1.82, 2.24) is 9.80 Å². The Balaban J connectivity index is 2.24. The van der Waals surface area contributed by atoms with Gasteiger partial charge in [-0.25, -0.2) is 0 Å². The van der Waals surface area contributed by atoms with Gasteiger partial charge in [0.1, 0.15) is 0 Å². The van der Waals surface area contributed by atoms with Gasteiger partial charge in [0.2, 0.25) is 0 Å². The number of hydrogen-bond donors (Lipinski definition) is 1. The van der Waals surface area contributed by atoms with Crippen molar-refractivity contribution in [2.45, 2.75) is 18.7 Å². The van der Waals surface area contributed by atoms with E-state index in [1.54, 1.807) is 7.11 Å². The van der Waals surface area contributed by atoms with Gasteiger partial charge in [0, 0.05) is 39.8 Å². The zero-order valence-electron chi connectivity index (χ0n) is 9.49. The Morgan fingerprint density at radius 3 is 2.21 bits per heavy atom. The monoisotopic (exact) mass is 218 g/mol. The van der Waals surface area contributed by atoms with E-state index in [0.717, 1.165) is 39.3 Å². The van der Waals surface area contributed by atoms with E-state index >= 15 is 0 Å². The van der Waals surface area contributed by atoms with Crippen molar-refractivity contribution in [2.24, 2.45) is 0 Å². The van der Waals surface area contributed by atoms with Crippen LogP contribution in [0.25, 0.3) is 0 Å². The number of rotatable bonds is 4. The van der Waals surface area contributed by atoms with Crippen LogP contribution in [0.3, 0.4) is 0 Å². The maximum absolute atomic E-state index is 5.07. The van der Waals surface area contributed by atoms with Gasteiger partial charge in [0.25, 0.3) is 0 Å². The van der Waals surface area contributed by atoms with Crippen molar-refractivity contribution in [3.8, 4) is 0 Å². The van der Waals surface area contributed by atoms with Gasteiger partial charge in [-0.05, 0) is 13.8 Å². The third kappa shape index (κ3) is 3.77. The predicted molar refractivity (Wildman–Crippen MR) is 63.0 cm³/mol. The number of methoxy groups -OCH3 is 1. The SMILES string of the molecule is COCCN1CCN(C(C)(C)S)CC1. The zero-order chi connectivity index (χ0) is 10.6. The Bertz CT molecular complexity index is 162. The summed E-state index contributed by atoms with van der Waals surface area (Å²) in [5, 5.41) is 0. The van der Waals surface area contributed by atoms with Crippen molar-refractivity contribution in [3.63, 3.8) is 0 Å². The molecule has 0 aromatic heterocycles. The first-order valence-electron chi connectivity index (χ1n) is 5.23. The summed E-state index contributed by atoms with van der Waals surface area (Å²) < 4.78 is 5.07. The highest BCUT2D eigenvalue weighted by Gasteiger charge is 2.26. The molecule has 0 aromatic carbocycles. The molecule has 84 valence electrons. The van der Waals surface area contributed by atoms with Crippen LogP contribution in [-0.4, -0.2) is 61.1 Å². The van der Waals surface area contributed by atoms with Crippen molar-refractivity contribution < 1.29 is 4.74 Å². The van der Waals surface area contributed by atoms with Gasteiger partial charge in [-0.1, -0.05) is 0 Å². The van der Waals surface area contributed by atoms with Crippen LogP contribution in [0.15, 0.2) is 0 Å². The molecule has 0 saturated carbocycles. The van der Waals surface area contributed by atoms with Gasteiger partial charge in [0.05, 0.1) is 11.5 Å². The smallest absolute Gasteiger partial charge is 0.0589 e. The fraction of sp³-hybridized carbons (Fsp3) is 1.00. The first-order valence-corrected chi connectivity index (χ1v) is 5.67. The lowest BCUT2D eigenvalue weighted by atomic mass is 10.2. The average Bonchev–Trinajstić information content (AvgIpc) is 2.14. The van der Waals surface area contributed by atoms with Gasteiger partial charge >= 0.3 is 0 Å². The third-order valence-corrected chi connectivity index (χ3v) is 3.04. The summed E-state index contributed by atoms with van der Waals surface area (Å²) in [4.78, 5) is 4.88. The summed E-state index contributed by atoms with van der Waals surface area (Å²) in [5.74, 6) is 0. The molecular weight excluding hydrogens is 196 g/mol. The molecule has 0 aromatic rings. The number of nitrogens with zero attached hydrogens (tertiary/aromatic N) is 2. The van der Waals surface area contributed by atoms with Crippen LogP contribution in [0.4, 0.5) is 0 Å². The normalized spacial score (nSPS) is 21.4. The molecule has 1 rings (SSSR count). The molecule has 1 heterocycles. The highest BCUT2D eigenvalue weighted by molar-refractivity contribution is 7.81. The number of hydrogen-bond acceptors (Lipinski definition) is 4. The number of ether oxygens (including phenoxy) is 1. The molecule has 14 heavy (non-hydrogen) atoms. The molecule has 1 saturated heterocycles. The van der Waals surface area contributed by atoms with E-state index in [4.69, 9.17) is 4.74 Å². The van der Waals surface area contributed by atoms with E-state index in [0.29, 0.717) is 0 Å². The summed E-state index contributed by atoms with van der Waals surface area (Å²) in [6.07, 6.45) is 0. The molecule has 1 fully saturated rings. The molecule has 1 aliphatic heterocycles. The second-order valence-electron chi connectivity index (χ2n) is 4.32. The lowest BCUT2D eigenvalue weighted by Gasteiger charge is -2.41. The molecule has 0 amide bonds. The molecule has 0 aliphatic carbocycles. The van der Waals surface area contributed by atoms with E-state index in [2.05, 4.69) is 36.3 Å². The zero-order valence-corrected chi connectivity index (χ0v) is 10.4. The maximum Gasteiger partial charge on any atom is 0.0589 e. The molecule has 0 unspecified atom stereocenters. The Kier molecular flexibility index (Phi) is 4.70. The Morgan fingerprint density at radius 2 is 1.79 bits per heavy atom. The standard InChI is InChI=1S/C10H22N2OS/c1-10(2,14)12-6-4-11(5-7-12)8-9-13-3/h14H,4-9H2,1-3H3. The molecule has 0 radical (unpaired) electrons. The molecule has 4 heteroatoms. The van der Waals surface area contributed by atoms with Crippen LogP contribution < -0.4 is 0 Å². The molecular formula is C10H22N2OS. The minimum Gasteiger partial charge on any atom is -0.383 e. The summed E-state index contributed by atoms with van der Waals surface area (Å²) in [7, 11) is 1.76. The molecule has 0 N–H and O–H groups in total. The summed E-state index contributed by atoms with van der Waals surface area (Å²) >= 11 is 4.58.